The van der Waals surface area contributed by atoms with Gasteiger partial charge in [0, 0.05) is 32.1 Å². The minimum absolute atomic E-state index is 0. The van der Waals surface area contributed by atoms with Crippen LogP contribution in [0, 0.1) is 0 Å². The van der Waals surface area contributed by atoms with Gasteiger partial charge in [0.1, 0.15) is 12.3 Å². The summed E-state index contributed by atoms with van der Waals surface area (Å²) in [6.07, 6.45) is -2.49. The Morgan fingerprint density at radius 2 is 1.79 bits per heavy atom. The molecule has 0 aromatic heterocycles. The van der Waals surface area contributed by atoms with Crippen LogP contribution in [-0.2, 0) is 0 Å². The standard InChI is InChI=1S/C13H18ClNO2.C6H10F3N3O.CH5N.H2O/c1-2-10-15(11-6-9-14)13(16)17-12-7-4-3-5-8-12;7-6(8,9)4-11-2-1-3-12(10)5(11)13;1-2;/h3-5,7-8H,2,6,9-11H2,1H3;1-4,10H2;2H2,1H3;1H2. The average molecular weight is 502 g/mol. The fourth-order valence-corrected chi connectivity index (χ4v) is 2.76. The minimum atomic E-state index is -4.35. The first kappa shape index (κ1) is 32.9. The predicted molar refractivity (Wildman–Crippen MR) is 122 cm³/mol. The van der Waals surface area contributed by atoms with Gasteiger partial charge >= 0.3 is 18.3 Å². The van der Waals surface area contributed by atoms with Crippen molar-refractivity contribution in [2.45, 2.75) is 32.4 Å². The maximum Gasteiger partial charge on any atom is 0.415 e. The van der Waals surface area contributed by atoms with Gasteiger partial charge in [0.05, 0.1) is 0 Å². The fraction of sp³-hybridized carbons (Fsp3) is 0.600. The third-order valence-corrected chi connectivity index (χ3v) is 4.24. The van der Waals surface area contributed by atoms with Crippen molar-refractivity contribution >= 4 is 23.7 Å². The molecule has 1 heterocycles. The highest BCUT2D eigenvalue weighted by atomic mass is 35.5. The van der Waals surface area contributed by atoms with Crippen molar-refractivity contribution in [3.05, 3.63) is 30.3 Å². The molecule has 13 heteroatoms. The van der Waals surface area contributed by atoms with Crippen LogP contribution in [0.4, 0.5) is 22.8 Å². The number of nitrogens with zero attached hydrogens (tertiary/aromatic N) is 3. The molecule has 192 valence electrons. The summed E-state index contributed by atoms with van der Waals surface area (Å²) in [6, 6.07) is 8.34. The van der Waals surface area contributed by atoms with Crippen molar-refractivity contribution in [1.82, 2.24) is 14.8 Å². The summed E-state index contributed by atoms with van der Waals surface area (Å²) in [5.41, 5.74) is 4.50. The van der Waals surface area contributed by atoms with E-state index in [9.17, 15) is 22.8 Å². The van der Waals surface area contributed by atoms with Crippen LogP contribution >= 0.6 is 11.6 Å². The lowest BCUT2D eigenvalue weighted by atomic mass is 10.3. The lowest BCUT2D eigenvalue weighted by molar-refractivity contribution is -0.142. The van der Waals surface area contributed by atoms with E-state index < -0.39 is 18.8 Å². The van der Waals surface area contributed by atoms with Crippen LogP contribution in [0.2, 0.25) is 0 Å². The smallest absolute Gasteiger partial charge is 0.412 e. The molecule has 6 N–H and O–H groups in total. The monoisotopic (exact) mass is 501 g/mol. The molecule has 1 aromatic carbocycles. The average Bonchev–Trinajstić information content (AvgIpc) is 2.76. The molecule has 1 saturated heterocycles. The minimum Gasteiger partial charge on any atom is -0.412 e. The first-order valence-electron chi connectivity index (χ1n) is 10.2. The van der Waals surface area contributed by atoms with Gasteiger partial charge in [0.25, 0.3) is 0 Å². The number of carbonyl (C=O) groups excluding carboxylic acids is 2. The zero-order chi connectivity index (χ0) is 24.6. The highest BCUT2D eigenvalue weighted by molar-refractivity contribution is 6.17. The number of para-hydroxylation sites is 1. The van der Waals surface area contributed by atoms with Crippen molar-refractivity contribution in [3.8, 4) is 5.75 Å². The molecule has 2 rings (SSSR count). The van der Waals surface area contributed by atoms with E-state index in [-0.39, 0.29) is 18.1 Å². The van der Waals surface area contributed by atoms with Crippen molar-refractivity contribution in [2.24, 2.45) is 11.6 Å². The van der Waals surface area contributed by atoms with Crippen LogP contribution in [0.1, 0.15) is 26.2 Å². The van der Waals surface area contributed by atoms with Gasteiger partial charge in [-0.25, -0.2) is 15.4 Å². The van der Waals surface area contributed by atoms with Crippen molar-refractivity contribution in [1.29, 1.82) is 0 Å². The van der Waals surface area contributed by atoms with Crippen LogP contribution in [0.3, 0.4) is 0 Å². The Labute approximate surface area is 197 Å². The maximum atomic E-state index is 11.9. The molecule has 1 aliphatic rings. The summed E-state index contributed by atoms with van der Waals surface area (Å²) in [5.74, 6) is 6.29. The lowest BCUT2D eigenvalue weighted by Crippen LogP contribution is -2.54. The quantitative estimate of drug-likeness (QED) is 0.336. The molecule has 0 radical (unpaired) electrons. The predicted octanol–water partition coefficient (Wildman–Crippen LogP) is 2.83. The summed E-state index contributed by atoms with van der Waals surface area (Å²) < 4.78 is 40.9. The maximum absolute atomic E-state index is 11.9. The van der Waals surface area contributed by atoms with Gasteiger partial charge in [0.15, 0.2) is 0 Å². The molecule has 1 aromatic rings. The van der Waals surface area contributed by atoms with E-state index in [1.807, 2.05) is 25.1 Å². The fourth-order valence-electron chi connectivity index (χ4n) is 2.64. The van der Waals surface area contributed by atoms with Crippen LogP contribution in [-0.4, -0.2) is 84.2 Å². The van der Waals surface area contributed by atoms with Gasteiger partial charge in [0.2, 0.25) is 0 Å². The molecule has 9 nitrogen and oxygen atoms in total. The normalized spacial score (nSPS) is 13.0. The number of ether oxygens (including phenoxy) is 1. The topological polar surface area (TPSA) is 137 Å². The van der Waals surface area contributed by atoms with Crippen LogP contribution in [0.15, 0.2) is 30.3 Å². The summed E-state index contributed by atoms with van der Waals surface area (Å²) in [6.45, 7) is 2.58. The number of hydrogen-bond donors (Lipinski definition) is 2. The second-order valence-corrected chi connectivity index (χ2v) is 6.95. The Morgan fingerprint density at radius 3 is 2.30 bits per heavy atom. The lowest BCUT2D eigenvalue weighted by Gasteiger charge is -2.32. The molecule has 0 spiro atoms. The molecule has 0 bridgehead atoms. The van der Waals surface area contributed by atoms with Crippen molar-refractivity contribution in [3.63, 3.8) is 0 Å². The molecule has 0 atom stereocenters. The number of hydrogen-bond acceptors (Lipinski definition) is 5. The van der Waals surface area contributed by atoms with Gasteiger partial charge in [-0.15, -0.1) is 11.6 Å². The van der Waals surface area contributed by atoms with Crippen LogP contribution in [0.5, 0.6) is 5.75 Å². The third-order valence-electron chi connectivity index (χ3n) is 3.98. The Hall–Kier alpha value is -2.28. The van der Waals surface area contributed by atoms with Gasteiger partial charge < -0.3 is 25.7 Å². The molecule has 0 saturated carbocycles. The third kappa shape index (κ3) is 14.5. The number of halogens is 4. The summed E-state index contributed by atoms with van der Waals surface area (Å²) in [4.78, 5) is 25.3. The molecule has 0 unspecified atom stereocenters. The van der Waals surface area contributed by atoms with Crippen molar-refractivity contribution in [2.75, 3.05) is 45.7 Å². The number of carbonyl (C=O) groups is 2. The Kier molecular flexibility index (Phi) is 18.1. The molecular weight excluding hydrogens is 467 g/mol. The van der Waals surface area contributed by atoms with Gasteiger partial charge in [-0.3, -0.25) is 5.01 Å². The molecule has 3 amide bonds. The Balaban J connectivity index is 0. The molecule has 1 aliphatic heterocycles. The number of nitrogens with two attached hydrogens (primary N) is 2. The second kappa shape index (κ2) is 18.2. The van der Waals surface area contributed by atoms with Crippen LogP contribution in [0.25, 0.3) is 0 Å². The molecule has 0 aliphatic carbocycles. The van der Waals surface area contributed by atoms with Crippen LogP contribution < -0.4 is 16.3 Å². The van der Waals surface area contributed by atoms with Gasteiger partial charge in [-0.05, 0) is 38.4 Å². The summed E-state index contributed by atoms with van der Waals surface area (Å²) in [5, 5.41) is 0.801. The van der Waals surface area contributed by atoms with Gasteiger partial charge in [-0.2, -0.15) is 13.2 Å². The number of alkyl halides is 4. The van der Waals surface area contributed by atoms with E-state index in [0.29, 0.717) is 42.6 Å². The van der Waals surface area contributed by atoms with E-state index in [4.69, 9.17) is 22.2 Å². The zero-order valence-electron chi connectivity index (χ0n) is 19.0. The molecular formula is C20H35ClF3N5O4. The van der Waals surface area contributed by atoms with E-state index >= 15 is 0 Å². The first-order chi connectivity index (χ1) is 15.2. The largest absolute Gasteiger partial charge is 0.415 e. The molecule has 1 fully saturated rings. The van der Waals surface area contributed by atoms with Crippen molar-refractivity contribution < 1.29 is 33.0 Å². The van der Waals surface area contributed by atoms with E-state index in [1.165, 1.54) is 7.05 Å². The SMILES string of the molecule is CCCN(CCCCl)C(=O)Oc1ccccc1.CN.NN1CCCN(CC(F)(F)F)C1=O.O. The second-order valence-electron chi connectivity index (χ2n) is 6.58. The number of amides is 3. The number of hydrazine groups is 1. The van der Waals surface area contributed by atoms with E-state index in [1.54, 1.807) is 17.0 Å². The number of rotatable bonds is 7. The van der Waals surface area contributed by atoms with Gasteiger partial charge in [-0.1, -0.05) is 25.1 Å². The summed E-state index contributed by atoms with van der Waals surface area (Å²) >= 11 is 5.63. The first-order valence-corrected chi connectivity index (χ1v) is 10.7. The zero-order valence-corrected chi connectivity index (χ0v) is 19.7. The summed E-state index contributed by atoms with van der Waals surface area (Å²) in [7, 11) is 1.50. The highest BCUT2D eigenvalue weighted by Crippen LogP contribution is 2.18. The highest BCUT2D eigenvalue weighted by Gasteiger charge is 2.35. The number of benzene rings is 1. The molecule has 33 heavy (non-hydrogen) atoms. The van der Waals surface area contributed by atoms with E-state index in [0.717, 1.165) is 17.9 Å². The van der Waals surface area contributed by atoms with E-state index in [2.05, 4.69) is 5.73 Å². The number of urea groups is 1. The Bertz CT molecular complexity index is 656. The Morgan fingerprint density at radius 1 is 1.18 bits per heavy atom.